The molecule has 0 aliphatic heterocycles. The van der Waals surface area contributed by atoms with Crippen molar-refractivity contribution in [2.45, 2.75) is 33.4 Å². The molecule has 0 atom stereocenters. The maximum Gasteiger partial charge on any atom is 0.151 e. The third-order valence-electron chi connectivity index (χ3n) is 3.60. The summed E-state index contributed by atoms with van der Waals surface area (Å²) in [5.74, 6) is 1.07. The van der Waals surface area contributed by atoms with Crippen LogP contribution in [0.2, 0.25) is 0 Å². The zero-order chi connectivity index (χ0) is 14.1. The fourth-order valence-corrected chi connectivity index (χ4v) is 3.44. The van der Waals surface area contributed by atoms with Gasteiger partial charge in [0.1, 0.15) is 0 Å². The maximum absolute atomic E-state index is 5.72. The lowest BCUT2D eigenvalue weighted by molar-refractivity contribution is 0.798. The van der Waals surface area contributed by atoms with E-state index in [9.17, 15) is 0 Å². The van der Waals surface area contributed by atoms with Crippen molar-refractivity contribution in [2.75, 3.05) is 0 Å². The average molecular weight is 285 g/mol. The number of benzene rings is 1. The Morgan fingerprint density at radius 1 is 1.20 bits per heavy atom. The SMILES string of the molecule is CCc1ccc(-c2nc3cc(CN)ccc3n2CC)s1. The van der Waals surface area contributed by atoms with E-state index in [-0.39, 0.29) is 0 Å². The van der Waals surface area contributed by atoms with Crippen molar-refractivity contribution in [3.8, 4) is 10.7 Å². The topological polar surface area (TPSA) is 43.8 Å². The van der Waals surface area contributed by atoms with Crippen molar-refractivity contribution in [2.24, 2.45) is 5.73 Å². The van der Waals surface area contributed by atoms with E-state index in [0.717, 1.165) is 29.9 Å². The van der Waals surface area contributed by atoms with Gasteiger partial charge < -0.3 is 10.3 Å². The largest absolute Gasteiger partial charge is 0.326 e. The van der Waals surface area contributed by atoms with Gasteiger partial charge in [0.25, 0.3) is 0 Å². The molecule has 0 aliphatic carbocycles. The normalized spacial score (nSPS) is 11.3. The third-order valence-corrected chi connectivity index (χ3v) is 4.82. The third kappa shape index (κ3) is 2.15. The van der Waals surface area contributed by atoms with Gasteiger partial charge >= 0.3 is 0 Å². The van der Waals surface area contributed by atoms with E-state index in [1.165, 1.54) is 15.3 Å². The second-order valence-corrected chi connectivity index (χ2v) is 5.99. The van der Waals surface area contributed by atoms with E-state index in [1.807, 2.05) is 11.3 Å². The molecule has 0 radical (unpaired) electrons. The molecule has 0 saturated carbocycles. The van der Waals surface area contributed by atoms with Crippen LogP contribution in [0.1, 0.15) is 24.3 Å². The Morgan fingerprint density at radius 2 is 2.05 bits per heavy atom. The molecule has 2 aromatic heterocycles. The highest BCUT2D eigenvalue weighted by atomic mass is 32.1. The molecule has 0 aliphatic rings. The minimum atomic E-state index is 0.559. The van der Waals surface area contributed by atoms with E-state index >= 15 is 0 Å². The second-order valence-electron chi connectivity index (χ2n) is 4.83. The molecule has 0 amide bonds. The fraction of sp³-hybridized carbons (Fsp3) is 0.312. The predicted molar refractivity (Wildman–Crippen MR) is 86.0 cm³/mol. The van der Waals surface area contributed by atoms with Crippen molar-refractivity contribution < 1.29 is 0 Å². The summed E-state index contributed by atoms with van der Waals surface area (Å²) in [7, 11) is 0. The van der Waals surface area contributed by atoms with Gasteiger partial charge in [0.2, 0.25) is 0 Å². The van der Waals surface area contributed by atoms with Gasteiger partial charge in [-0.15, -0.1) is 11.3 Å². The number of nitrogens with zero attached hydrogens (tertiary/aromatic N) is 2. The number of aromatic nitrogens is 2. The molecule has 0 bridgehead atoms. The monoisotopic (exact) mass is 285 g/mol. The fourth-order valence-electron chi connectivity index (χ4n) is 2.50. The number of fused-ring (bicyclic) bond motifs is 1. The molecule has 0 unspecified atom stereocenters. The minimum Gasteiger partial charge on any atom is -0.326 e. The van der Waals surface area contributed by atoms with Gasteiger partial charge in [-0.3, -0.25) is 0 Å². The van der Waals surface area contributed by atoms with Gasteiger partial charge in [-0.2, -0.15) is 0 Å². The average Bonchev–Trinajstić information content (AvgIpc) is 3.09. The molecular weight excluding hydrogens is 266 g/mol. The van der Waals surface area contributed by atoms with E-state index < -0.39 is 0 Å². The summed E-state index contributed by atoms with van der Waals surface area (Å²) >= 11 is 1.83. The highest BCUT2D eigenvalue weighted by Crippen LogP contribution is 2.31. The van der Waals surface area contributed by atoms with E-state index in [2.05, 4.69) is 48.7 Å². The molecule has 0 saturated heterocycles. The van der Waals surface area contributed by atoms with Crippen LogP contribution in [0.3, 0.4) is 0 Å². The molecule has 3 nitrogen and oxygen atoms in total. The first kappa shape index (κ1) is 13.3. The first-order valence-electron chi connectivity index (χ1n) is 7.05. The summed E-state index contributed by atoms with van der Waals surface area (Å²) in [6.45, 7) is 5.83. The van der Waals surface area contributed by atoms with Gasteiger partial charge in [-0.1, -0.05) is 13.0 Å². The Bertz CT molecular complexity index is 739. The zero-order valence-electron chi connectivity index (χ0n) is 11.9. The molecule has 1 aromatic carbocycles. The van der Waals surface area contributed by atoms with Crippen LogP contribution < -0.4 is 5.73 Å². The zero-order valence-corrected chi connectivity index (χ0v) is 12.7. The van der Waals surface area contributed by atoms with Crippen LogP contribution in [0.4, 0.5) is 0 Å². The van der Waals surface area contributed by atoms with Crippen molar-refractivity contribution in [1.82, 2.24) is 9.55 Å². The van der Waals surface area contributed by atoms with Crippen molar-refractivity contribution in [3.05, 3.63) is 40.8 Å². The van der Waals surface area contributed by atoms with Crippen LogP contribution in [0, 0.1) is 0 Å². The van der Waals surface area contributed by atoms with E-state index in [1.54, 1.807) is 0 Å². The first-order valence-corrected chi connectivity index (χ1v) is 7.86. The van der Waals surface area contributed by atoms with Gasteiger partial charge in [0.05, 0.1) is 15.9 Å². The lowest BCUT2D eigenvalue weighted by Gasteiger charge is -2.04. The molecule has 104 valence electrons. The summed E-state index contributed by atoms with van der Waals surface area (Å²) in [5, 5.41) is 0. The molecule has 20 heavy (non-hydrogen) atoms. The Balaban J connectivity index is 2.18. The summed E-state index contributed by atoms with van der Waals surface area (Å²) in [4.78, 5) is 7.47. The second kappa shape index (κ2) is 5.38. The van der Waals surface area contributed by atoms with Crippen LogP contribution in [0.25, 0.3) is 21.7 Å². The van der Waals surface area contributed by atoms with Crippen LogP contribution in [-0.4, -0.2) is 9.55 Å². The number of hydrogen-bond acceptors (Lipinski definition) is 3. The summed E-state index contributed by atoms with van der Waals surface area (Å²) in [6, 6.07) is 10.7. The molecule has 0 spiro atoms. The lowest BCUT2D eigenvalue weighted by atomic mass is 10.2. The van der Waals surface area contributed by atoms with Gasteiger partial charge in [0, 0.05) is 18.0 Å². The number of thiophene rings is 1. The molecule has 2 N–H and O–H groups in total. The Kier molecular flexibility index (Phi) is 3.59. The molecule has 0 fully saturated rings. The first-order chi connectivity index (χ1) is 9.76. The Morgan fingerprint density at radius 3 is 2.70 bits per heavy atom. The highest BCUT2D eigenvalue weighted by Gasteiger charge is 2.13. The van der Waals surface area contributed by atoms with Crippen LogP contribution in [0.5, 0.6) is 0 Å². The van der Waals surface area contributed by atoms with Gasteiger partial charge in [0.15, 0.2) is 5.82 Å². The summed E-state index contributed by atoms with van der Waals surface area (Å²) in [6.07, 6.45) is 1.08. The molecule has 2 heterocycles. The van der Waals surface area contributed by atoms with E-state index in [4.69, 9.17) is 10.7 Å². The van der Waals surface area contributed by atoms with Gasteiger partial charge in [-0.25, -0.2) is 4.98 Å². The Hall–Kier alpha value is -1.65. The van der Waals surface area contributed by atoms with Crippen molar-refractivity contribution in [3.63, 3.8) is 0 Å². The Labute approximate surface area is 123 Å². The molecule has 3 aromatic rings. The lowest BCUT2D eigenvalue weighted by Crippen LogP contribution is -1.97. The number of rotatable bonds is 4. The van der Waals surface area contributed by atoms with Gasteiger partial charge in [-0.05, 0) is 43.2 Å². The van der Waals surface area contributed by atoms with Crippen molar-refractivity contribution >= 4 is 22.4 Å². The number of aryl methyl sites for hydroxylation is 2. The summed E-state index contributed by atoms with van der Waals surface area (Å²) in [5.41, 5.74) is 9.07. The maximum atomic E-state index is 5.72. The van der Waals surface area contributed by atoms with Crippen LogP contribution in [-0.2, 0) is 19.5 Å². The highest BCUT2D eigenvalue weighted by molar-refractivity contribution is 7.15. The van der Waals surface area contributed by atoms with Crippen LogP contribution in [0.15, 0.2) is 30.3 Å². The standard InChI is InChI=1S/C16H19N3S/c1-3-12-6-8-15(20-12)16-18-13-9-11(10-17)5-7-14(13)19(16)4-2/h5-9H,3-4,10,17H2,1-2H3. The number of hydrogen-bond donors (Lipinski definition) is 1. The molecule has 3 rings (SSSR count). The molecular formula is C16H19N3S. The number of imidazole rings is 1. The smallest absolute Gasteiger partial charge is 0.151 e. The number of nitrogens with two attached hydrogens (primary N) is 1. The summed E-state index contributed by atoms with van der Waals surface area (Å²) < 4.78 is 2.28. The molecule has 4 heteroatoms. The van der Waals surface area contributed by atoms with E-state index in [0.29, 0.717) is 6.54 Å². The predicted octanol–water partition coefficient (Wildman–Crippen LogP) is 3.81. The van der Waals surface area contributed by atoms with Crippen LogP contribution >= 0.6 is 11.3 Å². The quantitative estimate of drug-likeness (QED) is 0.792. The van der Waals surface area contributed by atoms with Crippen molar-refractivity contribution in [1.29, 1.82) is 0 Å². The minimum absolute atomic E-state index is 0.559.